The van der Waals surface area contributed by atoms with Crippen molar-refractivity contribution in [3.8, 4) is 0 Å². The standard InChI is InChI=1S/C14H21F2N/c1-3-5-13(17-4-2)8-6-11-10-12(15)7-9-14(11)16/h7,9-10,13,17H,3-6,8H2,1-2H3. The molecule has 1 unspecified atom stereocenters. The van der Waals surface area contributed by atoms with Gasteiger partial charge in [-0.3, -0.25) is 0 Å². The molecule has 0 bridgehead atoms. The second-order valence-corrected chi connectivity index (χ2v) is 4.32. The van der Waals surface area contributed by atoms with E-state index >= 15 is 0 Å². The lowest BCUT2D eigenvalue weighted by Gasteiger charge is -2.17. The fourth-order valence-corrected chi connectivity index (χ4v) is 2.05. The molecule has 17 heavy (non-hydrogen) atoms. The summed E-state index contributed by atoms with van der Waals surface area (Å²) in [4.78, 5) is 0. The zero-order valence-electron chi connectivity index (χ0n) is 10.6. The van der Waals surface area contributed by atoms with Crippen molar-refractivity contribution in [1.82, 2.24) is 5.32 Å². The molecule has 0 aliphatic heterocycles. The molecule has 0 aromatic heterocycles. The van der Waals surface area contributed by atoms with E-state index in [2.05, 4.69) is 19.2 Å². The Hall–Kier alpha value is -0.960. The molecule has 1 nitrogen and oxygen atoms in total. The summed E-state index contributed by atoms with van der Waals surface area (Å²) >= 11 is 0. The van der Waals surface area contributed by atoms with Gasteiger partial charge in [0.1, 0.15) is 11.6 Å². The van der Waals surface area contributed by atoms with Crippen LogP contribution >= 0.6 is 0 Å². The summed E-state index contributed by atoms with van der Waals surface area (Å²) in [5.41, 5.74) is 0.476. The third-order valence-electron chi connectivity index (χ3n) is 2.90. The van der Waals surface area contributed by atoms with Crippen molar-refractivity contribution in [2.75, 3.05) is 6.54 Å². The molecule has 0 aliphatic carbocycles. The van der Waals surface area contributed by atoms with Crippen LogP contribution in [-0.4, -0.2) is 12.6 Å². The molecule has 3 heteroatoms. The smallest absolute Gasteiger partial charge is 0.126 e. The number of hydrogen-bond donors (Lipinski definition) is 1. The van der Waals surface area contributed by atoms with E-state index in [1.165, 1.54) is 12.1 Å². The number of aryl methyl sites for hydroxylation is 1. The molecule has 1 atom stereocenters. The summed E-state index contributed by atoms with van der Waals surface area (Å²) in [6, 6.07) is 4.05. The number of halogens is 2. The van der Waals surface area contributed by atoms with E-state index < -0.39 is 0 Å². The highest BCUT2D eigenvalue weighted by Crippen LogP contribution is 2.14. The Kier molecular flexibility index (Phi) is 6.12. The van der Waals surface area contributed by atoms with E-state index in [1.54, 1.807) is 0 Å². The minimum atomic E-state index is -0.364. The van der Waals surface area contributed by atoms with E-state index in [1.807, 2.05) is 0 Å². The highest BCUT2D eigenvalue weighted by molar-refractivity contribution is 5.18. The fourth-order valence-electron chi connectivity index (χ4n) is 2.05. The van der Waals surface area contributed by atoms with Crippen LogP contribution in [0.3, 0.4) is 0 Å². The summed E-state index contributed by atoms with van der Waals surface area (Å²) < 4.78 is 26.4. The largest absolute Gasteiger partial charge is 0.314 e. The molecule has 0 saturated heterocycles. The Morgan fingerprint density at radius 3 is 2.59 bits per heavy atom. The van der Waals surface area contributed by atoms with Gasteiger partial charge < -0.3 is 5.32 Å². The van der Waals surface area contributed by atoms with E-state index in [4.69, 9.17) is 0 Å². The van der Waals surface area contributed by atoms with Crippen LogP contribution in [0.1, 0.15) is 38.7 Å². The van der Waals surface area contributed by atoms with Crippen LogP contribution in [0.4, 0.5) is 8.78 Å². The summed E-state index contributed by atoms with van der Waals surface area (Å²) in [6.07, 6.45) is 3.61. The highest BCUT2D eigenvalue weighted by Gasteiger charge is 2.09. The van der Waals surface area contributed by atoms with Gasteiger partial charge in [0.2, 0.25) is 0 Å². The van der Waals surface area contributed by atoms with Gasteiger partial charge in [-0.1, -0.05) is 20.3 Å². The molecule has 0 amide bonds. The van der Waals surface area contributed by atoms with Crippen LogP contribution in [0.2, 0.25) is 0 Å². The average molecular weight is 241 g/mol. The lowest BCUT2D eigenvalue weighted by Crippen LogP contribution is -2.29. The predicted molar refractivity (Wildman–Crippen MR) is 67.1 cm³/mol. The quantitative estimate of drug-likeness (QED) is 0.768. The van der Waals surface area contributed by atoms with Gasteiger partial charge in [-0.2, -0.15) is 0 Å². The van der Waals surface area contributed by atoms with Gasteiger partial charge in [0, 0.05) is 6.04 Å². The first-order chi connectivity index (χ1) is 8.17. The van der Waals surface area contributed by atoms with Crippen LogP contribution < -0.4 is 5.32 Å². The predicted octanol–water partition coefficient (Wildman–Crippen LogP) is 3.68. The minimum absolute atomic E-state index is 0.307. The van der Waals surface area contributed by atoms with Gasteiger partial charge in [-0.05, 0) is 49.6 Å². The molecular formula is C14H21F2N. The number of benzene rings is 1. The maximum absolute atomic E-state index is 13.4. The molecule has 1 aromatic rings. The molecule has 96 valence electrons. The normalized spacial score (nSPS) is 12.7. The molecule has 1 aromatic carbocycles. The third-order valence-corrected chi connectivity index (χ3v) is 2.90. The first kappa shape index (κ1) is 14.1. The molecule has 0 spiro atoms. The molecule has 1 N–H and O–H groups in total. The lowest BCUT2D eigenvalue weighted by molar-refractivity contribution is 0.455. The average Bonchev–Trinajstić information content (AvgIpc) is 2.30. The zero-order chi connectivity index (χ0) is 12.7. The number of nitrogens with one attached hydrogen (secondary N) is 1. The van der Waals surface area contributed by atoms with Gasteiger partial charge in [-0.15, -0.1) is 0 Å². The van der Waals surface area contributed by atoms with Gasteiger partial charge >= 0.3 is 0 Å². The van der Waals surface area contributed by atoms with Crippen LogP contribution in [-0.2, 0) is 6.42 Å². The molecular weight excluding hydrogens is 220 g/mol. The maximum Gasteiger partial charge on any atom is 0.126 e. The van der Waals surface area contributed by atoms with Crippen LogP contribution in [0, 0.1) is 11.6 Å². The third kappa shape index (κ3) is 4.82. The van der Waals surface area contributed by atoms with Gasteiger partial charge in [0.15, 0.2) is 0 Å². The monoisotopic (exact) mass is 241 g/mol. The zero-order valence-corrected chi connectivity index (χ0v) is 10.6. The van der Waals surface area contributed by atoms with Gasteiger partial charge in [0.25, 0.3) is 0 Å². The molecule has 0 radical (unpaired) electrons. The van der Waals surface area contributed by atoms with Gasteiger partial charge in [0.05, 0.1) is 0 Å². The topological polar surface area (TPSA) is 12.0 Å². The van der Waals surface area contributed by atoms with Crippen molar-refractivity contribution >= 4 is 0 Å². The van der Waals surface area contributed by atoms with Crippen LogP contribution in [0.5, 0.6) is 0 Å². The lowest BCUT2D eigenvalue weighted by atomic mass is 10.0. The SMILES string of the molecule is CCCC(CCc1cc(F)ccc1F)NCC. The molecule has 0 aliphatic rings. The minimum Gasteiger partial charge on any atom is -0.314 e. The van der Waals surface area contributed by atoms with Crippen molar-refractivity contribution < 1.29 is 8.78 Å². The first-order valence-electron chi connectivity index (χ1n) is 6.34. The number of rotatable bonds is 7. The highest BCUT2D eigenvalue weighted by atomic mass is 19.1. The Balaban J connectivity index is 2.55. The Bertz CT molecular complexity index is 333. The Morgan fingerprint density at radius 2 is 1.94 bits per heavy atom. The second kappa shape index (κ2) is 7.38. The van der Waals surface area contributed by atoms with Crippen LogP contribution in [0.15, 0.2) is 18.2 Å². The van der Waals surface area contributed by atoms with E-state index in [0.717, 1.165) is 31.9 Å². The van der Waals surface area contributed by atoms with Crippen molar-refractivity contribution in [2.24, 2.45) is 0 Å². The van der Waals surface area contributed by atoms with Crippen LogP contribution in [0.25, 0.3) is 0 Å². The van der Waals surface area contributed by atoms with E-state index in [9.17, 15) is 8.78 Å². The maximum atomic E-state index is 13.4. The summed E-state index contributed by atoms with van der Waals surface area (Å²) in [7, 11) is 0. The summed E-state index contributed by atoms with van der Waals surface area (Å²) in [5.74, 6) is -0.671. The molecule has 0 heterocycles. The molecule has 0 saturated carbocycles. The molecule has 1 rings (SSSR count). The summed E-state index contributed by atoms with van der Waals surface area (Å²) in [5, 5.41) is 3.37. The Morgan fingerprint density at radius 1 is 1.18 bits per heavy atom. The van der Waals surface area contributed by atoms with Crippen molar-refractivity contribution in [3.63, 3.8) is 0 Å². The van der Waals surface area contributed by atoms with Crippen molar-refractivity contribution in [2.45, 2.75) is 45.6 Å². The second-order valence-electron chi connectivity index (χ2n) is 4.32. The molecule has 0 fully saturated rings. The summed E-state index contributed by atoms with van der Waals surface area (Å²) in [6.45, 7) is 5.11. The van der Waals surface area contributed by atoms with Gasteiger partial charge in [-0.25, -0.2) is 8.78 Å². The fraction of sp³-hybridized carbons (Fsp3) is 0.571. The first-order valence-corrected chi connectivity index (χ1v) is 6.34. The Labute approximate surface area is 102 Å². The van der Waals surface area contributed by atoms with E-state index in [0.29, 0.717) is 18.0 Å². The van der Waals surface area contributed by atoms with E-state index in [-0.39, 0.29) is 11.6 Å². The number of hydrogen-bond acceptors (Lipinski definition) is 1. The van der Waals surface area contributed by atoms with Crippen molar-refractivity contribution in [3.05, 3.63) is 35.4 Å². The van der Waals surface area contributed by atoms with Crippen molar-refractivity contribution in [1.29, 1.82) is 0 Å².